The number of tetrazole rings is 1. The van der Waals surface area contributed by atoms with Gasteiger partial charge in [0, 0.05) is 11.8 Å². The van der Waals surface area contributed by atoms with E-state index in [0.717, 1.165) is 5.56 Å². The summed E-state index contributed by atoms with van der Waals surface area (Å²) in [7, 11) is 0. The lowest BCUT2D eigenvalue weighted by Crippen LogP contribution is -2.14. The Bertz CT molecular complexity index is 880. The molecule has 0 aliphatic heterocycles. The average molecular weight is 345 g/mol. The molecule has 0 aliphatic carbocycles. The summed E-state index contributed by atoms with van der Waals surface area (Å²) in [5.74, 6) is -0.836. The van der Waals surface area contributed by atoms with Crippen LogP contribution in [0.1, 0.15) is 16.2 Å². The molecule has 1 N–H and O–H groups in total. The molecule has 1 amide bonds. The molecule has 3 rings (SSSR count). The van der Waals surface area contributed by atoms with Crippen molar-refractivity contribution in [3.63, 3.8) is 0 Å². The Labute approximate surface area is 141 Å². The minimum Gasteiger partial charge on any atom is -0.435 e. The maximum Gasteiger partial charge on any atom is 0.387 e. The van der Waals surface area contributed by atoms with Gasteiger partial charge in [0.2, 0.25) is 0 Å². The standard InChI is InChI=1S/C16H13F2N5O2/c1-10-5-7-12(8-6-10)23-21-14(20-22-23)15(24)19-11-3-2-4-13(9-11)25-16(17)18/h2-9,16H,1H3,(H,19,24). The second kappa shape index (κ2) is 7.04. The Morgan fingerprint density at radius 3 is 2.68 bits per heavy atom. The average Bonchev–Trinajstić information content (AvgIpc) is 3.05. The van der Waals surface area contributed by atoms with Gasteiger partial charge in [0.25, 0.3) is 11.7 Å². The Balaban J connectivity index is 1.73. The van der Waals surface area contributed by atoms with Gasteiger partial charge in [-0.05, 0) is 36.4 Å². The third-order valence-electron chi connectivity index (χ3n) is 3.20. The van der Waals surface area contributed by atoms with E-state index in [0.29, 0.717) is 5.69 Å². The number of hydrogen-bond donors (Lipinski definition) is 1. The second-order valence-electron chi connectivity index (χ2n) is 5.10. The highest BCUT2D eigenvalue weighted by atomic mass is 19.3. The first kappa shape index (κ1) is 16.5. The number of ether oxygens (including phenoxy) is 1. The predicted molar refractivity (Wildman–Crippen MR) is 84.9 cm³/mol. The molecule has 0 saturated heterocycles. The van der Waals surface area contributed by atoms with Gasteiger partial charge in [0.15, 0.2) is 0 Å². The summed E-state index contributed by atoms with van der Waals surface area (Å²) in [6, 6.07) is 13.0. The van der Waals surface area contributed by atoms with Crippen molar-refractivity contribution in [3.05, 3.63) is 59.9 Å². The molecule has 0 fully saturated rings. The first-order valence-electron chi connectivity index (χ1n) is 7.24. The van der Waals surface area contributed by atoms with E-state index in [-0.39, 0.29) is 17.3 Å². The second-order valence-corrected chi connectivity index (χ2v) is 5.10. The monoisotopic (exact) mass is 345 g/mol. The van der Waals surface area contributed by atoms with Crippen LogP contribution in [0.3, 0.4) is 0 Å². The van der Waals surface area contributed by atoms with Crippen molar-refractivity contribution < 1.29 is 18.3 Å². The molecule has 25 heavy (non-hydrogen) atoms. The number of amides is 1. The summed E-state index contributed by atoms with van der Waals surface area (Å²) < 4.78 is 28.7. The number of halogens is 2. The lowest BCUT2D eigenvalue weighted by atomic mass is 10.2. The summed E-state index contributed by atoms with van der Waals surface area (Å²) in [6.45, 7) is -0.995. The van der Waals surface area contributed by atoms with Gasteiger partial charge in [-0.15, -0.1) is 15.0 Å². The molecule has 0 spiro atoms. The molecule has 7 nitrogen and oxygen atoms in total. The zero-order valence-electron chi connectivity index (χ0n) is 13.1. The van der Waals surface area contributed by atoms with Crippen molar-refractivity contribution in [1.82, 2.24) is 20.2 Å². The van der Waals surface area contributed by atoms with Gasteiger partial charge < -0.3 is 10.1 Å². The highest BCUT2D eigenvalue weighted by molar-refractivity contribution is 6.01. The molecule has 0 atom stereocenters. The van der Waals surface area contributed by atoms with Crippen LogP contribution in [0.25, 0.3) is 5.69 Å². The molecule has 9 heteroatoms. The van der Waals surface area contributed by atoms with Crippen LogP contribution < -0.4 is 10.1 Å². The number of nitrogens with one attached hydrogen (secondary N) is 1. The zero-order chi connectivity index (χ0) is 17.8. The van der Waals surface area contributed by atoms with Gasteiger partial charge in [-0.25, -0.2) is 0 Å². The molecule has 0 bridgehead atoms. The Kier molecular flexibility index (Phi) is 4.64. The quantitative estimate of drug-likeness (QED) is 0.769. The fourth-order valence-electron chi connectivity index (χ4n) is 2.03. The van der Waals surface area contributed by atoms with Crippen molar-refractivity contribution in [2.75, 3.05) is 5.32 Å². The van der Waals surface area contributed by atoms with Crippen LogP contribution in [0.2, 0.25) is 0 Å². The molecular formula is C16H13F2N5O2. The molecule has 2 aromatic carbocycles. The number of aromatic nitrogens is 4. The molecule has 1 aromatic heterocycles. The zero-order valence-corrected chi connectivity index (χ0v) is 13.1. The molecule has 0 aliphatic rings. The van der Waals surface area contributed by atoms with Crippen LogP contribution in [0, 0.1) is 6.92 Å². The van der Waals surface area contributed by atoms with Crippen LogP contribution in [-0.2, 0) is 0 Å². The molecule has 3 aromatic rings. The van der Waals surface area contributed by atoms with Gasteiger partial charge in [-0.3, -0.25) is 4.79 Å². The molecule has 0 unspecified atom stereocenters. The smallest absolute Gasteiger partial charge is 0.387 e. The van der Waals surface area contributed by atoms with E-state index in [1.165, 1.54) is 29.1 Å². The van der Waals surface area contributed by atoms with Crippen molar-refractivity contribution in [3.8, 4) is 11.4 Å². The Morgan fingerprint density at radius 2 is 1.96 bits per heavy atom. The number of alkyl halides is 2. The largest absolute Gasteiger partial charge is 0.435 e. The highest BCUT2D eigenvalue weighted by Crippen LogP contribution is 2.19. The molecule has 0 saturated carbocycles. The maximum absolute atomic E-state index is 12.2. The van der Waals surface area contributed by atoms with Crippen molar-refractivity contribution in [1.29, 1.82) is 0 Å². The lowest BCUT2D eigenvalue weighted by molar-refractivity contribution is -0.0497. The third-order valence-corrected chi connectivity index (χ3v) is 3.20. The fourth-order valence-corrected chi connectivity index (χ4v) is 2.03. The third kappa shape index (κ3) is 4.14. The number of anilines is 1. The van der Waals surface area contributed by atoms with Crippen LogP contribution in [0.15, 0.2) is 48.5 Å². The normalized spacial score (nSPS) is 10.7. The molecular weight excluding hydrogens is 332 g/mol. The predicted octanol–water partition coefficient (Wildman–Crippen LogP) is 2.82. The topological polar surface area (TPSA) is 81.9 Å². The number of aryl methyl sites for hydroxylation is 1. The molecule has 0 radical (unpaired) electrons. The number of carbonyl (C=O) groups is 1. The Hall–Kier alpha value is -3.36. The summed E-state index contributed by atoms with van der Waals surface area (Å²) in [4.78, 5) is 13.4. The number of benzene rings is 2. The number of rotatable bonds is 5. The maximum atomic E-state index is 12.2. The van der Waals surface area contributed by atoms with Crippen LogP contribution >= 0.6 is 0 Å². The van der Waals surface area contributed by atoms with Crippen LogP contribution in [-0.4, -0.2) is 32.7 Å². The van der Waals surface area contributed by atoms with E-state index in [9.17, 15) is 13.6 Å². The first-order valence-corrected chi connectivity index (χ1v) is 7.24. The minimum absolute atomic E-state index is 0.0657. The molecule has 1 heterocycles. The number of hydrogen-bond acceptors (Lipinski definition) is 5. The van der Waals surface area contributed by atoms with Gasteiger partial charge in [-0.1, -0.05) is 23.8 Å². The van der Waals surface area contributed by atoms with Crippen molar-refractivity contribution in [2.45, 2.75) is 13.5 Å². The summed E-state index contributed by atoms with van der Waals surface area (Å²) in [6.07, 6.45) is 0. The van der Waals surface area contributed by atoms with E-state index < -0.39 is 12.5 Å². The Morgan fingerprint density at radius 1 is 1.20 bits per heavy atom. The molecule has 128 valence electrons. The van der Waals surface area contributed by atoms with Gasteiger partial charge in [0.1, 0.15) is 5.75 Å². The SMILES string of the molecule is Cc1ccc(-n2nnc(C(=O)Nc3cccc(OC(F)F)c3)n2)cc1. The summed E-state index contributed by atoms with van der Waals surface area (Å²) >= 11 is 0. The van der Waals surface area contributed by atoms with E-state index in [2.05, 4.69) is 25.5 Å². The summed E-state index contributed by atoms with van der Waals surface area (Å²) in [5.41, 5.74) is 2.01. The van der Waals surface area contributed by atoms with Crippen LogP contribution in [0.4, 0.5) is 14.5 Å². The van der Waals surface area contributed by atoms with Gasteiger partial charge in [-0.2, -0.15) is 8.78 Å². The van der Waals surface area contributed by atoms with Crippen molar-refractivity contribution in [2.24, 2.45) is 0 Å². The number of nitrogens with zero attached hydrogens (tertiary/aromatic N) is 4. The van der Waals surface area contributed by atoms with E-state index >= 15 is 0 Å². The summed E-state index contributed by atoms with van der Waals surface area (Å²) in [5, 5.41) is 14.0. The van der Waals surface area contributed by atoms with E-state index in [1.807, 2.05) is 19.1 Å². The van der Waals surface area contributed by atoms with Crippen LogP contribution in [0.5, 0.6) is 5.75 Å². The van der Waals surface area contributed by atoms with Gasteiger partial charge >= 0.3 is 6.61 Å². The lowest BCUT2D eigenvalue weighted by Gasteiger charge is -2.07. The fraction of sp³-hybridized carbons (Fsp3) is 0.125. The highest BCUT2D eigenvalue weighted by Gasteiger charge is 2.14. The first-order chi connectivity index (χ1) is 12.0. The van der Waals surface area contributed by atoms with Crippen molar-refractivity contribution >= 4 is 11.6 Å². The van der Waals surface area contributed by atoms with Gasteiger partial charge in [0.05, 0.1) is 5.69 Å². The van der Waals surface area contributed by atoms with E-state index in [4.69, 9.17) is 0 Å². The van der Waals surface area contributed by atoms with E-state index in [1.54, 1.807) is 12.1 Å². The number of carbonyl (C=O) groups excluding carboxylic acids is 1. The minimum atomic E-state index is -2.94.